The van der Waals surface area contributed by atoms with Crippen LogP contribution >= 0.6 is 0 Å². The molecule has 1 aliphatic rings. The van der Waals surface area contributed by atoms with Crippen LogP contribution in [0.3, 0.4) is 0 Å². The van der Waals surface area contributed by atoms with Gasteiger partial charge in [0.15, 0.2) is 0 Å². The van der Waals surface area contributed by atoms with Crippen molar-refractivity contribution in [3.63, 3.8) is 0 Å². The fraction of sp³-hybridized carbons (Fsp3) is 0.125. The van der Waals surface area contributed by atoms with Crippen LogP contribution in [0.4, 0.5) is 0 Å². The standard InChI is InChI=1S/C9H8.C7H7.Zr/c1-2-5-9-7-3-6-8(9)4-1;1-7-5-3-2-4-6-7;/h1-6H,7H2;2-6H,1H2;. The zero-order valence-corrected chi connectivity index (χ0v) is 12.2. The van der Waals surface area contributed by atoms with Gasteiger partial charge in [-0.15, -0.1) is 0 Å². The topological polar surface area (TPSA) is 0 Å². The van der Waals surface area contributed by atoms with E-state index >= 15 is 0 Å². The second-order valence-electron chi connectivity index (χ2n) is 3.97. The molecule has 1 heteroatoms. The van der Waals surface area contributed by atoms with Crippen LogP contribution in [-0.2, 0) is 35.3 Å². The third-order valence-corrected chi connectivity index (χ3v) is 3.74. The number of benzene rings is 2. The summed E-state index contributed by atoms with van der Waals surface area (Å²) in [7, 11) is 0. The Morgan fingerprint density at radius 1 is 0.882 bits per heavy atom. The van der Waals surface area contributed by atoms with Gasteiger partial charge in [-0.2, -0.15) is 0 Å². The van der Waals surface area contributed by atoms with Crippen LogP contribution in [0.15, 0.2) is 60.7 Å². The van der Waals surface area contributed by atoms with Crippen molar-refractivity contribution in [2.24, 2.45) is 0 Å². The van der Waals surface area contributed by atoms with Crippen LogP contribution in [0.25, 0.3) is 6.08 Å². The third-order valence-electron chi connectivity index (χ3n) is 2.74. The van der Waals surface area contributed by atoms with E-state index in [-0.39, 0.29) is 0 Å². The molecule has 0 saturated carbocycles. The molecule has 0 aromatic heterocycles. The molecule has 0 nitrogen and oxygen atoms in total. The molecule has 0 saturated heterocycles. The molecule has 0 aliphatic heterocycles. The molecule has 0 amide bonds. The van der Waals surface area contributed by atoms with Gasteiger partial charge in [0.25, 0.3) is 0 Å². The van der Waals surface area contributed by atoms with Crippen molar-refractivity contribution in [2.75, 3.05) is 0 Å². The van der Waals surface area contributed by atoms with E-state index in [1.54, 1.807) is 24.7 Å². The summed E-state index contributed by atoms with van der Waals surface area (Å²) in [6, 6.07) is 19.0. The Morgan fingerprint density at radius 2 is 1.59 bits per heavy atom. The SMILES string of the molecule is C1=Cc2ccccc2C1.[Zr][CH2]c1ccccc1. The predicted molar refractivity (Wildman–Crippen MR) is 69.3 cm³/mol. The first-order valence-corrected chi connectivity index (χ1v) is 7.57. The number of hydrogen-bond donors (Lipinski definition) is 0. The van der Waals surface area contributed by atoms with E-state index in [0.717, 1.165) is 6.42 Å². The summed E-state index contributed by atoms with van der Waals surface area (Å²) in [6.45, 7) is 0. The van der Waals surface area contributed by atoms with Gasteiger partial charge in [-0.3, -0.25) is 0 Å². The second kappa shape index (κ2) is 6.71. The average molecular weight is 299 g/mol. The Kier molecular flexibility index (Phi) is 4.94. The zero-order chi connectivity index (χ0) is 11.9. The van der Waals surface area contributed by atoms with Crippen LogP contribution in [-0.4, -0.2) is 0 Å². The minimum absolute atomic E-state index is 1.12. The van der Waals surface area contributed by atoms with Gasteiger partial charge in [0.1, 0.15) is 0 Å². The summed E-state index contributed by atoms with van der Waals surface area (Å²) < 4.78 is 1.23. The minimum atomic E-state index is 1.12. The van der Waals surface area contributed by atoms with E-state index in [0.29, 0.717) is 0 Å². The van der Waals surface area contributed by atoms with E-state index in [2.05, 4.69) is 66.7 Å². The maximum absolute atomic E-state index is 2.20. The molecule has 0 spiro atoms. The van der Waals surface area contributed by atoms with Crippen LogP contribution < -0.4 is 0 Å². The van der Waals surface area contributed by atoms with E-state index in [9.17, 15) is 0 Å². The molecule has 0 fully saturated rings. The van der Waals surface area contributed by atoms with Gasteiger partial charge in [-0.05, 0) is 17.5 Å². The summed E-state index contributed by atoms with van der Waals surface area (Å²) in [6.07, 6.45) is 5.50. The van der Waals surface area contributed by atoms with Crippen molar-refractivity contribution in [3.8, 4) is 0 Å². The van der Waals surface area contributed by atoms with Gasteiger partial charge >= 0.3 is 64.7 Å². The van der Waals surface area contributed by atoms with Gasteiger partial charge in [0.05, 0.1) is 0 Å². The van der Waals surface area contributed by atoms with E-state index in [1.165, 1.54) is 20.8 Å². The van der Waals surface area contributed by atoms with Gasteiger partial charge in [-0.1, -0.05) is 36.4 Å². The number of hydrogen-bond acceptors (Lipinski definition) is 0. The molecule has 3 rings (SSSR count). The first-order valence-electron chi connectivity index (χ1n) is 5.83. The zero-order valence-electron chi connectivity index (χ0n) is 9.77. The van der Waals surface area contributed by atoms with Crippen molar-refractivity contribution in [2.45, 2.75) is 10.5 Å². The third kappa shape index (κ3) is 3.78. The molecule has 0 radical (unpaired) electrons. The molecule has 83 valence electrons. The Bertz CT molecular complexity index is 486. The summed E-state index contributed by atoms with van der Waals surface area (Å²) >= 11 is 1.59. The molecule has 2 aromatic carbocycles. The molecule has 17 heavy (non-hydrogen) atoms. The van der Waals surface area contributed by atoms with Crippen molar-refractivity contribution in [3.05, 3.63) is 77.4 Å². The van der Waals surface area contributed by atoms with Crippen molar-refractivity contribution >= 4 is 6.08 Å². The Balaban J connectivity index is 0.000000128. The van der Waals surface area contributed by atoms with Crippen molar-refractivity contribution < 1.29 is 24.7 Å². The van der Waals surface area contributed by atoms with Crippen molar-refractivity contribution in [1.82, 2.24) is 0 Å². The number of allylic oxidation sites excluding steroid dienone is 1. The summed E-state index contributed by atoms with van der Waals surface area (Å²) in [5.74, 6) is 0. The van der Waals surface area contributed by atoms with Gasteiger partial charge < -0.3 is 0 Å². The molecular weight excluding hydrogens is 283 g/mol. The van der Waals surface area contributed by atoms with E-state index in [4.69, 9.17) is 0 Å². The van der Waals surface area contributed by atoms with E-state index < -0.39 is 0 Å². The normalized spacial score (nSPS) is 11.5. The Hall–Kier alpha value is -0.937. The summed E-state index contributed by atoms with van der Waals surface area (Å²) in [5, 5.41) is 0. The second-order valence-corrected chi connectivity index (χ2v) is 4.84. The Morgan fingerprint density at radius 3 is 2.24 bits per heavy atom. The fourth-order valence-corrected chi connectivity index (χ4v) is 2.37. The van der Waals surface area contributed by atoms with E-state index in [1.807, 2.05) is 0 Å². The first-order chi connectivity index (χ1) is 8.40. The maximum atomic E-state index is 2.20. The quantitative estimate of drug-likeness (QED) is 0.747. The van der Waals surface area contributed by atoms with Gasteiger partial charge in [-0.25, -0.2) is 0 Å². The molecule has 0 unspecified atom stereocenters. The number of rotatable bonds is 1. The fourth-order valence-electron chi connectivity index (χ4n) is 1.79. The van der Waals surface area contributed by atoms with Gasteiger partial charge in [0, 0.05) is 0 Å². The molecular formula is C16H15Zr. The molecule has 2 aromatic rings. The molecule has 0 N–H and O–H groups in total. The monoisotopic (exact) mass is 297 g/mol. The number of fused-ring (bicyclic) bond motifs is 1. The first kappa shape index (κ1) is 12.5. The van der Waals surface area contributed by atoms with Crippen LogP contribution in [0, 0.1) is 0 Å². The van der Waals surface area contributed by atoms with Crippen LogP contribution in [0.5, 0.6) is 0 Å². The molecule has 0 heterocycles. The summed E-state index contributed by atoms with van der Waals surface area (Å²) in [4.78, 5) is 0. The average Bonchev–Trinajstić information content (AvgIpc) is 2.89. The molecule has 1 aliphatic carbocycles. The van der Waals surface area contributed by atoms with Crippen LogP contribution in [0.1, 0.15) is 16.7 Å². The summed E-state index contributed by atoms with van der Waals surface area (Å²) in [5.41, 5.74) is 4.29. The van der Waals surface area contributed by atoms with Gasteiger partial charge in [0.2, 0.25) is 0 Å². The van der Waals surface area contributed by atoms with Crippen molar-refractivity contribution in [1.29, 1.82) is 0 Å². The Labute approximate surface area is 118 Å². The molecule has 0 bridgehead atoms. The predicted octanol–water partition coefficient (Wildman–Crippen LogP) is 3.99. The van der Waals surface area contributed by atoms with Crippen LogP contribution in [0.2, 0.25) is 0 Å². The molecule has 0 atom stereocenters.